The third-order valence-electron chi connectivity index (χ3n) is 3.64. The molecule has 3 atom stereocenters. The summed E-state index contributed by atoms with van der Waals surface area (Å²) in [7, 11) is 0. The smallest absolute Gasteiger partial charge is 0.222 e. The van der Waals surface area contributed by atoms with Crippen molar-refractivity contribution in [3.63, 3.8) is 0 Å². The van der Waals surface area contributed by atoms with Crippen LogP contribution in [0, 0.1) is 5.92 Å². The Hall–Kier alpha value is -1.10. The molecule has 0 radical (unpaired) electrons. The summed E-state index contributed by atoms with van der Waals surface area (Å²) in [4.78, 5) is 22.8. The lowest BCUT2D eigenvalue weighted by Gasteiger charge is -2.26. The molecular formula is C12H21N3O2. The van der Waals surface area contributed by atoms with Crippen LogP contribution in [0.2, 0.25) is 0 Å². The molecule has 5 nitrogen and oxygen atoms in total. The van der Waals surface area contributed by atoms with Gasteiger partial charge in [0.25, 0.3) is 0 Å². The van der Waals surface area contributed by atoms with Crippen molar-refractivity contribution in [1.82, 2.24) is 10.6 Å². The van der Waals surface area contributed by atoms with Gasteiger partial charge in [-0.1, -0.05) is 6.42 Å². The highest BCUT2D eigenvalue weighted by Crippen LogP contribution is 2.25. The molecule has 3 unspecified atom stereocenters. The summed E-state index contributed by atoms with van der Waals surface area (Å²) >= 11 is 0. The van der Waals surface area contributed by atoms with E-state index in [-0.39, 0.29) is 23.9 Å². The third kappa shape index (κ3) is 3.70. The first-order chi connectivity index (χ1) is 8.13. The Bertz CT molecular complexity index is 306. The molecule has 4 N–H and O–H groups in total. The van der Waals surface area contributed by atoms with Crippen LogP contribution in [0.1, 0.15) is 38.5 Å². The predicted molar refractivity (Wildman–Crippen MR) is 64.1 cm³/mol. The van der Waals surface area contributed by atoms with E-state index < -0.39 is 0 Å². The monoisotopic (exact) mass is 239 g/mol. The number of nitrogens with two attached hydrogens (primary N) is 1. The molecule has 1 aliphatic carbocycles. The van der Waals surface area contributed by atoms with Crippen molar-refractivity contribution in [3.05, 3.63) is 0 Å². The molecule has 1 saturated carbocycles. The molecule has 2 amide bonds. The summed E-state index contributed by atoms with van der Waals surface area (Å²) in [5.74, 6) is 0.504. The average Bonchev–Trinajstić information content (AvgIpc) is 2.63. The second-order valence-electron chi connectivity index (χ2n) is 5.27. The lowest BCUT2D eigenvalue weighted by molar-refractivity contribution is -0.122. The Labute approximate surface area is 102 Å². The fraction of sp³-hybridized carbons (Fsp3) is 0.833. The van der Waals surface area contributed by atoms with Crippen LogP contribution in [0.25, 0.3) is 0 Å². The second-order valence-corrected chi connectivity index (χ2v) is 5.27. The molecule has 96 valence electrons. The summed E-state index contributed by atoms with van der Waals surface area (Å²) in [6.07, 6.45) is 5.23. The Balaban J connectivity index is 1.71. The van der Waals surface area contributed by atoms with E-state index in [0.717, 1.165) is 25.7 Å². The lowest BCUT2D eigenvalue weighted by atomic mass is 9.84. The van der Waals surface area contributed by atoms with E-state index in [1.165, 1.54) is 0 Å². The van der Waals surface area contributed by atoms with E-state index in [4.69, 9.17) is 5.73 Å². The Morgan fingerprint density at radius 1 is 1.47 bits per heavy atom. The second kappa shape index (κ2) is 5.49. The van der Waals surface area contributed by atoms with Crippen molar-refractivity contribution in [1.29, 1.82) is 0 Å². The summed E-state index contributed by atoms with van der Waals surface area (Å²) in [6.45, 7) is 0.564. The van der Waals surface area contributed by atoms with E-state index in [0.29, 0.717) is 25.3 Å². The molecule has 0 spiro atoms. The van der Waals surface area contributed by atoms with Crippen LogP contribution in [-0.4, -0.2) is 30.4 Å². The van der Waals surface area contributed by atoms with Crippen molar-refractivity contribution < 1.29 is 9.59 Å². The normalized spacial score (nSPS) is 33.2. The van der Waals surface area contributed by atoms with Crippen molar-refractivity contribution >= 4 is 11.8 Å². The van der Waals surface area contributed by atoms with Crippen LogP contribution in [-0.2, 0) is 9.59 Å². The number of hydrogen-bond donors (Lipinski definition) is 3. The number of nitrogens with one attached hydrogen (secondary N) is 2. The lowest BCUT2D eigenvalue weighted by Crippen LogP contribution is -2.38. The number of amides is 2. The first-order valence-electron chi connectivity index (χ1n) is 6.45. The zero-order chi connectivity index (χ0) is 12.3. The molecule has 0 bridgehead atoms. The largest absolute Gasteiger partial charge is 0.354 e. The maximum atomic E-state index is 11.8. The highest BCUT2D eigenvalue weighted by Gasteiger charge is 2.25. The van der Waals surface area contributed by atoms with E-state index in [2.05, 4.69) is 10.6 Å². The maximum Gasteiger partial charge on any atom is 0.222 e. The van der Waals surface area contributed by atoms with E-state index in [1.807, 2.05) is 0 Å². The topological polar surface area (TPSA) is 84.2 Å². The average molecular weight is 239 g/mol. The van der Waals surface area contributed by atoms with Gasteiger partial charge in [-0.3, -0.25) is 9.59 Å². The van der Waals surface area contributed by atoms with Gasteiger partial charge in [-0.15, -0.1) is 0 Å². The van der Waals surface area contributed by atoms with E-state index in [9.17, 15) is 9.59 Å². The van der Waals surface area contributed by atoms with Crippen LogP contribution >= 0.6 is 0 Å². The van der Waals surface area contributed by atoms with Crippen LogP contribution in [0.15, 0.2) is 0 Å². The zero-order valence-corrected chi connectivity index (χ0v) is 10.1. The van der Waals surface area contributed by atoms with Gasteiger partial charge in [0.1, 0.15) is 0 Å². The molecule has 17 heavy (non-hydrogen) atoms. The minimum Gasteiger partial charge on any atom is -0.354 e. The van der Waals surface area contributed by atoms with Gasteiger partial charge in [0, 0.05) is 25.4 Å². The summed E-state index contributed by atoms with van der Waals surface area (Å²) in [5.41, 5.74) is 5.90. The van der Waals surface area contributed by atoms with Crippen molar-refractivity contribution in [2.75, 3.05) is 6.54 Å². The minimum absolute atomic E-state index is 0.0211. The number of carbonyl (C=O) groups excluding carboxylic acids is 2. The standard InChI is InChI=1S/C12H21N3O2/c13-9-3-1-2-8(4-9)5-12(17)15-10-6-11(16)14-7-10/h8-10H,1-7,13H2,(H,14,16)(H,15,17). The highest BCUT2D eigenvalue weighted by atomic mass is 16.2. The summed E-state index contributed by atoms with van der Waals surface area (Å²) in [5, 5.41) is 5.62. The molecule has 5 heteroatoms. The Morgan fingerprint density at radius 2 is 2.29 bits per heavy atom. The summed E-state index contributed by atoms with van der Waals surface area (Å²) in [6, 6.07) is 0.239. The molecule has 0 aromatic heterocycles. The van der Waals surface area contributed by atoms with Crippen molar-refractivity contribution in [3.8, 4) is 0 Å². The highest BCUT2D eigenvalue weighted by molar-refractivity contribution is 5.82. The van der Waals surface area contributed by atoms with Gasteiger partial charge in [0.05, 0.1) is 6.04 Å². The maximum absolute atomic E-state index is 11.8. The summed E-state index contributed by atoms with van der Waals surface area (Å²) < 4.78 is 0. The molecule has 1 saturated heterocycles. The molecule has 1 heterocycles. The zero-order valence-electron chi connectivity index (χ0n) is 10.1. The van der Waals surface area contributed by atoms with E-state index >= 15 is 0 Å². The number of carbonyl (C=O) groups is 2. The molecule has 0 aromatic rings. The van der Waals surface area contributed by atoms with Crippen molar-refractivity contribution in [2.45, 2.75) is 50.6 Å². The molecule has 0 aromatic carbocycles. The molecule has 1 aliphatic heterocycles. The molecule has 2 aliphatic rings. The fourth-order valence-electron chi connectivity index (χ4n) is 2.77. The first-order valence-corrected chi connectivity index (χ1v) is 6.45. The van der Waals surface area contributed by atoms with Gasteiger partial charge >= 0.3 is 0 Å². The predicted octanol–water partition coefficient (Wildman–Crippen LogP) is -0.101. The van der Waals surface area contributed by atoms with Gasteiger partial charge in [-0.2, -0.15) is 0 Å². The number of hydrogen-bond acceptors (Lipinski definition) is 3. The van der Waals surface area contributed by atoms with Gasteiger partial charge in [-0.05, 0) is 25.2 Å². The van der Waals surface area contributed by atoms with Crippen molar-refractivity contribution in [2.24, 2.45) is 11.7 Å². The van der Waals surface area contributed by atoms with Crippen LogP contribution < -0.4 is 16.4 Å². The van der Waals surface area contributed by atoms with Crippen LogP contribution in [0.5, 0.6) is 0 Å². The fourth-order valence-corrected chi connectivity index (χ4v) is 2.77. The Kier molecular flexibility index (Phi) is 3.99. The minimum atomic E-state index is -0.0211. The third-order valence-corrected chi connectivity index (χ3v) is 3.64. The van der Waals surface area contributed by atoms with Crippen LogP contribution in [0.4, 0.5) is 0 Å². The molecular weight excluding hydrogens is 218 g/mol. The Morgan fingerprint density at radius 3 is 2.94 bits per heavy atom. The SMILES string of the molecule is NC1CCCC(CC(=O)NC2CNC(=O)C2)C1. The number of rotatable bonds is 3. The van der Waals surface area contributed by atoms with E-state index in [1.54, 1.807) is 0 Å². The van der Waals surface area contributed by atoms with Gasteiger partial charge < -0.3 is 16.4 Å². The van der Waals surface area contributed by atoms with Crippen LogP contribution in [0.3, 0.4) is 0 Å². The van der Waals surface area contributed by atoms with Gasteiger partial charge in [0.15, 0.2) is 0 Å². The first kappa shape index (κ1) is 12.4. The quantitative estimate of drug-likeness (QED) is 0.643. The van der Waals surface area contributed by atoms with Gasteiger partial charge in [0.2, 0.25) is 11.8 Å². The van der Waals surface area contributed by atoms with Gasteiger partial charge in [-0.25, -0.2) is 0 Å². The molecule has 2 rings (SSSR count). The molecule has 2 fully saturated rings.